The molecule has 1 aliphatic carbocycles. The predicted molar refractivity (Wildman–Crippen MR) is 61.6 cm³/mol. The molecule has 1 aromatic heterocycles. The Labute approximate surface area is 91.7 Å². The number of aromatic nitrogens is 2. The van der Waals surface area contributed by atoms with E-state index in [1.165, 1.54) is 31.4 Å². The molecule has 1 aliphatic rings. The molecule has 0 bridgehead atoms. The van der Waals surface area contributed by atoms with E-state index in [1.807, 2.05) is 12.3 Å². The van der Waals surface area contributed by atoms with E-state index in [1.54, 1.807) is 0 Å². The zero-order valence-corrected chi connectivity index (χ0v) is 9.66. The molecule has 1 heterocycles. The maximum absolute atomic E-state index is 3.99. The van der Waals surface area contributed by atoms with Gasteiger partial charge in [0.25, 0.3) is 0 Å². The Morgan fingerprint density at radius 3 is 2.93 bits per heavy atom. The van der Waals surface area contributed by atoms with Crippen LogP contribution in [0.15, 0.2) is 12.3 Å². The van der Waals surface area contributed by atoms with Gasteiger partial charge in [0.05, 0.1) is 5.69 Å². The van der Waals surface area contributed by atoms with E-state index in [9.17, 15) is 0 Å². The summed E-state index contributed by atoms with van der Waals surface area (Å²) in [5, 5.41) is 10.7. The lowest BCUT2D eigenvalue weighted by Gasteiger charge is -2.31. The molecule has 84 valence electrons. The van der Waals surface area contributed by atoms with Crippen molar-refractivity contribution in [2.45, 2.75) is 51.6 Å². The van der Waals surface area contributed by atoms with Gasteiger partial charge in [0.15, 0.2) is 0 Å². The first-order valence-electron chi connectivity index (χ1n) is 6.02. The third kappa shape index (κ3) is 2.59. The summed E-state index contributed by atoms with van der Waals surface area (Å²) in [5.74, 6) is 0.809. The van der Waals surface area contributed by atoms with Crippen LogP contribution in [0.2, 0.25) is 0 Å². The van der Waals surface area contributed by atoms with Crippen molar-refractivity contribution in [3.8, 4) is 0 Å². The number of nitrogens with zero attached hydrogens (tertiary/aromatic N) is 1. The lowest BCUT2D eigenvalue weighted by molar-refractivity contribution is 0.262. The first-order valence-corrected chi connectivity index (χ1v) is 6.02. The van der Waals surface area contributed by atoms with Gasteiger partial charge in [0.2, 0.25) is 0 Å². The van der Waals surface area contributed by atoms with Crippen LogP contribution in [0, 0.1) is 5.92 Å². The molecule has 1 saturated carbocycles. The van der Waals surface area contributed by atoms with E-state index in [-0.39, 0.29) is 0 Å². The summed E-state index contributed by atoms with van der Waals surface area (Å²) in [6.45, 7) is 4.56. The molecule has 0 radical (unpaired) electrons. The fraction of sp³-hybridized carbons (Fsp3) is 0.750. The molecular formula is C12H21N3. The Morgan fingerprint density at radius 2 is 2.27 bits per heavy atom. The van der Waals surface area contributed by atoms with Crippen LogP contribution in [0.5, 0.6) is 0 Å². The van der Waals surface area contributed by atoms with E-state index in [0.717, 1.165) is 5.92 Å². The Hall–Kier alpha value is -0.830. The van der Waals surface area contributed by atoms with E-state index in [2.05, 4.69) is 29.4 Å². The molecule has 0 aromatic carbocycles. The minimum absolute atomic E-state index is 0.387. The van der Waals surface area contributed by atoms with E-state index in [4.69, 9.17) is 0 Å². The van der Waals surface area contributed by atoms with Crippen molar-refractivity contribution in [3.05, 3.63) is 18.0 Å². The third-order valence-electron chi connectivity index (χ3n) is 3.56. The van der Waals surface area contributed by atoms with Gasteiger partial charge in [0.1, 0.15) is 0 Å². The number of hydrogen-bond donors (Lipinski definition) is 2. The summed E-state index contributed by atoms with van der Waals surface area (Å²) in [6.07, 6.45) is 7.28. The van der Waals surface area contributed by atoms with Gasteiger partial charge in [-0.2, -0.15) is 5.10 Å². The molecule has 1 aromatic rings. The first kappa shape index (κ1) is 10.7. The number of nitrogens with one attached hydrogen (secondary N) is 2. The van der Waals surface area contributed by atoms with Crippen molar-refractivity contribution in [2.24, 2.45) is 5.92 Å². The lowest BCUT2D eigenvalue weighted by Crippen LogP contribution is -2.38. The number of hydrogen-bond acceptors (Lipinski definition) is 2. The minimum atomic E-state index is 0.387. The molecule has 3 nitrogen and oxygen atoms in total. The van der Waals surface area contributed by atoms with Gasteiger partial charge in [-0.3, -0.25) is 5.10 Å². The molecule has 0 saturated heterocycles. The van der Waals surface area contributed by atoms with E-state index in [0.29, 0.717) is 12.1 Å². The predicted octanol–water partition coefficient (Wildman–Crippen LogP) is 2.64. The first-order chi connectivity index (χ1) is 7.27. The number of rotatable bonds is 3. The van der Waals surface area contributed by atoms with Gasteiger partial charge in [-0.15, -0.1) is 0 Å². The Balaban J connectivity index is 1.90. The van der Waals surface area contributed by atoms with Crippen LogP contribution in [0.1, 0.15) is 51.3 Å². The van der Waals surface area contributed by atoms with Gasteiger partial charge in [0, 0.05) is 18.3 Å². The second-order valence-corrected chi connectivity index (χ2v) is 4.77. The van der Waals surface area contributed by atoms with Crippen LogP contribution in [0.25, 0.3) is 0 Å². The Kier molecular flexibility index (Phi) is 3.41. The maximum Gasteiger partial charge on any atom is 0.0518 e. The smallest absolute Gasteiger partial charge is 0.0518 e. The number of H-pyrrole nitrogens is 1. The second kappa shape index (κ2) is 4.79. The van der Waals surface area contributed by atoms with E-state index < -0.39 is 0 Å². The van der Waals surface area contributed by atoms with Crippen LogP contribution >= 0.6 is 0 Å². The topological polar surface area (TPSA) is 40.7 Å². The highest BCUT2D eigenvalue weighted by Gasteiger charge is 2.22. The zero-order valence-electron chi connectivity index (χ0n) is 9.66. The van der Waals surface area contributed by atoms with Crippen molar-refractivity contribution in [1.82, 2.24) is 15.5 Å². The average molecular weight is 207 g/mol. The highest BCUT2D eigenvalue weighted by Crippen LogP contribution is 2.25. The fourth-order valence-corrected chi connectivity index (χ4v) is 2.48. The van der Waals surface area contributed by atoms with E-state index >= 15 is 0 Å². The summed E-state index contributed by atoms with van der Waals surface area (Å²) in [5.41, 5.74) is 1.19. The van der Waals surface area contributed by atoms with Crippen molar-refractivity contribution in [2.75, 3.05) is 0 Å². The minimum Gasteiger partial charge on any atom is -0.306 e. The Bertz CT molecular complexity index is 281. The molecule has 2 rings (SSSR count). The van der Waals surface area contributed by atoms with Gasteiger partial charge in [-0.1, -0.05) is 19.8 Å². The highest BCUT2D eigenvalue weighted by atomic mass is 15.1. The molecule has 0 amide bonds. The standard InChI is InChI=1S/C12H21N3/c1-9-5-3-4-6-11(9)14-10(2)12-7-8-13-15-12/h7-11,14H,3-6H2,1-2H3,(H,13,15). The average Bonchev–Trinajstić information content (AvgIpc) is 2.74. The lowest BCUT2D eigenvalue weighted by atomic mass is 9.85. The summed E-state index contributed by atoms with van der Waals surface area (Å²) in [7, 11) is 0. The molecular weight excluding hydrogens is 186 g/mol. The highest BCUT2D eigenvalue weighted by molar-refractivity contribution is 5.03. The second-order valence-electron chi connectivity index (χ2n) is 4.77. The molecule has 15 heavy (non-hydrogen) atoms. The van der Waals surface area contributed by atoms with Crippen molar-refractivity contribution in [3.63, 3.8) is 0 Å². The van der Waals surface area contributed by atoms with Crippen LogP contribution in [-0.2, 0) is 0 Å². The molecule has 2 N–H and O–H groups in total. The Morgan fingerprint density at radius 1 is 1.47 bits per heavy atom. The maximum atomic E-state index is 3.99. The normalized spacial score (nSPS) is 28.9. The van der Waals surface area contributed by atoms with Gasteiger partial charge in [-0.25, -0.2) is 0 Å². The molecule has 0 spiro atoms. The molecule has 3 unspecified atom stereocenters. The molecule has 3 heteroatoms. The molecule has 3 atom stereocenters. The van der Waals surface area contributed by atoms with Crippen LogP contribution in [0.4, 0.5) is 0 Å². The molecule has 0 aliphatic heterocycles. The quantitative estimate of drug-likeness (QED) is 0.800. The summed E-state index contributed by atoms with van der Waals surface area (Å²) in [6, 6.07) is 3.11. The summed E-state index contributed by atoms with van der Waals surface area (Å²) in [4.78, 5) is 0. The van der Waals surface area contributed by atoms with Gasteiger partial charge < -0.3 is 5.32 Å². The van der Waals surface area contributed by atoms with Gasteiger partial charge >= 0.3 is 0 Å². The van der Waals surface area contributed by atoms with Crippen LogP contribution in [-0.4, -0.2) is 16.2 Å². The fourth-order valence-electron chi connectivity index (χ4n) is 2.48. The van der Waals surface area contributed by atoms with Crippen LogP contribution < -0.4 is 5.32 Å². The number of aromatic amines is 1. The monoisotopic (exact) mass is 207 g/mol. The van der Waals surface area contributed by atoms with Gasteiger partial charge in [-0.05, 0) is 31.7 Å². The summed E-state index contributed by atoms with van der Waals surface area (Å²) < 4.78 is 0. The van der Waals surface area contributed by atoms with Crippen molar-refractivity contribution >= 4 is 0 Å². The van der Waals surface area contributed by atoms with Crippen LogP contribution in [0.3, 0.4) is 0 Å². The van der Waals surface area contributed by atoms with Crippen molar-refractivity contribution < 1.29 is 0 Å². The largest absolute Gasteiger partial charge is 0.306 e. The zero-order chi connectivity index (χ0) is 10.7. The SMILES string of the molecule is CC(NC1CCCCC1C)c1ccn[nH]1. The molecule has 1 fully saturated rings. The third-order valence-corrected chi connectivity index (χ3v) is 3.56. The summed E-state index contributed by atoms with van der Waals surface area (Å²) >= 11 is 0. The van der Waals surface area contributed by atoms with Crippen molar-refractivity contribution in [1.29, 1.82) is 0 Å².